The number of halogens is 1. The van der Waals surface area contributed by atoms with Crippen molar-refractivity contribution in [3.8, 4) is 0 Å². The number of hydrogen-bond acceptors (Lipinski definition) is 4. The highest BCUT2D eigenvalue weighted by Crippen LogP contribution is 2.20. The topological polar surface area (TPSA) is 55.4 Å². The van der Waals surface area contributed by atoms with E-state index in [1.807, 2.05) is 36.6 Å². The quantitative estimate of drug-likeness (QED) is 0.709. The third-order valence-corrected chi connectivity index (χ3v) is 4.99. The number of carbonyl (C=O) groups excluding carboxylic acids is 2. The Kier molecular flexibility index (Phi) is 6.80. The van der Waals surface area contributed by atoms with Crippen molar-refractivity contribution in [1.82, 2.24) is 0 Å². The summed E-state index contributed by atoms with van der Waals surface area (Å²) in [4.78, 5) is 24.6. The van der Waals surface area contributed by atoms with Gasteiger partial charge in [0.25, 0.3) is 5.91 Å². The van der Waals surface area contributed by atoms with Crippen LogP contribution in [0.3, 0.4) is 0 Å². The number of nitrogens with one attached hydrogen (secondary N) is 1. The summed E-state index contributed by atoms with van der Waals surface area (Å²) >= 11 is 5.08. The van der Waals surface area contributed by atoms with Gasteiger partial charge in [-0.25, -0.2) is 0 Å². The van der Waals surface area contributed by atoms with Crippen LogP contribution < -0.4 is 5.32 Å². The molecule has 122 valence electrons. The lowest BCUT2D eigenvalue weighted by atomic mass is 10.2. The zero-order chi connectivity index (χ0) is 16.7. The Balaban J connectivity index is 1.67. The van der Waals surface area contributed by atoms with Gasteiger partial charge in [0.1, 0.15) is 0 Å². The number of carbonyl (C=O) groups is 2. The maximum atomic E-state index is 11.8. The number of aryl methyl sites for hydroxylation is 2. The van der Waals surface area contributed by atoms with E-state index in [2.05, 4.69) is 21.2 Å². The van der Waals surface area contributed by atoms with Crippen LogP contribution in [0.5, 0.6) is 0 Å². The molecule has 0 bridgehead atoms. The molecular weight excluding hydrogens is 378 g/mol. The van der Waals surface area contributed by atoms with Crippen LogP contribution in [0.4, 0.5) is 5.69 Å². The summed E-state index contributed by atoms with van der Waals surface area (Å²) < 4.78 is 5.91. The fourth-order valence-corrected chi connectivity index (χ4v) is 3.08. The molecule has 1 aromatic heterocycles. The third-order valence-electron chi connectivity index (χ3n) is 3.20. The molecular formula is C17H18BrNO3S. The van der Waals surface area contributed by atoms with Crippen LogP contribution in [-0.4, -0.2) is 18.5 Å². The molecule has 2 aromatic rings. The second-order valence-corrected chi connectivity index (χ2v) is 6.99. The Morgan fingerprint density at radius 2 is 2.13 bits per heavy atom. The van der Waals surface area contributed by atoms with Crippen LogP contribution in [0.2, 0.25) is 0 Å². The van der Waals surface area contributed by atoms with Crippen molar-refractivity contribution in [2.45, 2.75) is 26.2 Å². The van der Waals surface area contributed by atoms with E-state index in [9.17, 15) is 9.59 Å². The summed E-state index contributed by atoms with van der Waals surface area (Å²) in [5, 5.41) is 4.71. The maximum Gasteiger partial charge on any atom is 0.306 e. The van der Waals surface area contributed by atoms with Crippen molar-refractivity contribution in [3.05, 3.63) is 50.6 Å². The molecule has 0 saturated heterocycles. The van der Waals surface area contributed by atoms with Crippen LogP contribution in [0.25, 0.3) is 0 Å². The highest BCUT2D eigenvalue weighted by molar-refractivity contribution is 9.10. The predicted octanol–water partition coefficient (Wildman–Crippen LogP) is 4.32. The SMILES string of the molecule is Cc1ccc(NC(=O)COC(=O)CCCc2cccs2)cc1Br. The van der Waals surface area contributed by atoms with Gasteiger partial charge in [-0.3, -0.25) is 9.59 Å². The molecule has 1 heterocycles. The Morgan fingerprint density at radius 1 is 1.30 bits per heavy atom. The number of anilines is 1. The minimum Gasteiger partial charge on any atom is -0.456 e. The number of amides is 1. The van der Waals surface area contributed by atoms with Crippen molar-refractivity contribution in [1.29, 1.82) is 0 Å². The maximum absolute atomic E-state index is 11.8. The zero-order valence-corrected chi connectivity index (χ0v) is 15.2. The first-order chi connectivity index (χ1) is 11.0. The Labute approximate surface area is 148 Å². The van der Waals surface area contributed by atoms with Crippen LogP contribution in [-0.2, 0) is 20.7 Å². The molecule has 0 radical (unpaired) electrons. The number of rotatable bonds is 7. The van der Waals surface area contributed by atoms with E-state index in [0.29, 0.717) is 12.1 Å². The Morgan fingerprint density at radius 3 is 2.83 bits per heavy atom. The monoisotopic (exact) mass is 395 g/mol. The number of benzene rings is 1. The fourth-order valence-electron chi connectivity index (χ4n) is 1.95. The minimum absolute atomic E-state index is 0.261. The highest BCUT2D eigenvalue weighted by Gasteiger charge is 2.09. The first-order valence-electron chi connectivity index (χ1n) is 7.28. The smallest absolute Gasteiger partial charge is 0.306 e. The molecule has 2 rings (SSSR count). The molecule has 0 spiro atoms. The Bertz CT molecular complexity index is 670. The largest absolute Gasteiger partial charge is 0.456 e. The van der Waals surface area contributed by atoms with Crippen molar-refractivity contribution in [2.24, 2.45) is 0 Å². The molecule has 4 nitrogen and oxygen atoms in total. The molecule has 6 heteroatoms. The van der Waals surface area contributed by atoms with E-state index in [0.717, 1.165) is 22.9 Å². The van der Waals surface area contributed by atoms with Crippen molar-refractivity contribution in [3.63, 3.8) is 0 Å². The molecule has 0 saturated carbocycles. The summed E-state index contributed by atoms with van der Waals surface area (Å²) in [6.07, 6.45) is 1.91. The van der Waals surface area contributed by atoms with Gasteiger partial charge in [-0.15, -0.1) is 11.3 Å². The Hall–Kier alpha value is -1.66. The van der Waals surface area contributed by atoms with Crippen LogP contribution >= 0.6 is 27.3 Å². The van der Waals surface area contributed by atoms with E-state index in [1.54, 1.807) is 17.4 Å². The van der Waals surface area contributed by atoms with Gasteiger partial charge in [-0.05, 0) is 48.9 Å². The molecule has 0 aliphatic heterocycles. The summed E-state index contributed by atoms with van der Waals surface area (Å²) in [6.45, 7) is 1.71. The van der Waals surface area contributed by atoms with Crippen LogP contribution in [0, 0.1) is 6.92 Å². The van der Waals surface area contributed by atoms with Crippen LogP contribution in [0.15, 0.2) is 40.2 Å². The third kappa shape index (κ3) is 6.15. The van der Waals surface area contributed by atoms with E-state index < -0.39 is 0 Å². The molecule has 0 aliphatic carbocycles. The lowest BCUT2D eigenvalue weighted by molar-refractivity contribution is -0.147. The molecule has 1 amide bonds. The molecule has 0 aliphatic rings. The van der Waals surface area contributed by atoms with Crippen molar-refractivity contribution < 1.29 is 14.3 Å². The van der Waals surface area contributed by atoms with Gasteiger partial charge in [-0.2, -0.15) is 0 Å². The highest BCUT2D eigenvalue weighted by atomic mass is 79.9. The van der Waals surface area contributed by atoms with Crippen molar-refractivity contribution in [2.75, 3.05) is 11.9 Å². The summed E-state index contributed by atoms with van der Waals surface area (Å²) in [5.74, 6) is -0.686. The molecule has 1 aromatic carbocycles. The number of hydrogen-bond donors (Lipinski definition) is 1. The average Bonchev–Trinajstić information content (AvgIpc) is 3.02. The molecule has 0 unspecified atom stereocenters. The lowest BCUT2D eigenvalue weighted by Crippen LogP contribution is -2.20. The second-order valence-electron chi connectivity index (χ2n) is 5.11. The molecule has 0 atom stereocenters. The fraction of sp³-hybridized carbons (Fsp3) is 0.294. The zero-order valence-electron chi connectivity index (χ0n) is 12.8. The van der Waals surface area contributed by atoms with E-state index in [4.69, 9.17) is 4.74 Å². The number of thiophene rings is 1. The van der Waals surface area contributed by atoms with Gasteiger partial charge in [0.15, 0.2) is 6.61 Å². The summed E-state index contributed by atoms with van der Waals surface area (Å²) in [7, 11) is 0. The van der Waals surface area contributed by atoms with Gasteiger partial charge in [0.2, 0.25) is 0 Å². The number of ether oxygens (including phenoxy) is 1. The predicted molar refractivity (Wildman–Crippen MR) is 95.7 cm³/mol. The van der Waals surface area contributed by atoms with E-state index >= 15 is 0 Å². The normalized spacial score (nSPS) is 10.3. The van der Waals surface area contributed by atoms with Gasteiger partial charge in [0, 0.05) is 21.5 Å². The van der Waals surface area contributed by atoms with E-state index in [-0.39, 0.29) is 18.5 Å². The number of esters is 1. The lowest BCUT2D eigenvalue weighted by Gasteiger charge is -2.08. The summed E-state index contributed by atoms with van der Waals surface area (Å²) in [5.41, 5.74) is 1.75. The van der Waals surface area contributed by atoms with E-state index in [1.165, 1.54) is 4.88 Å². The standard InChI is InChI=1S/C17H18BrNO3S/c1-12-7-8-13(10-15(12)18)19-16(20)11-22-17(21)6-2-4-14-5-3-9-23-14/h3,5,7-10H,2,4,6,11H2,1H3,(H,19,20). The summed E-state index contributed by atoms with van der Waals surface area (Å²) in [6, 6.07) is 9.56. The van der Waals surface area contributed by atoms with Gasteiger partial charge < -0.3 is 10.1 Å². The minimum atomic E-state index is -0.346. The second kappa shape index (κ2) is 8.84. The van der Waals surface area contributed by atoms with Gasteiger partial charge >= 0.3 is 5.97 Å². The van der Waals surface area contributed by atoms with Gasteiger partial charge in [0.05, 0.1) is 0 Å². The molecule has 0 fully saturated rings. The molecule has 1 N–H and O–H groups in total. The van der Waals surface area contributed by atoms with Crippen LogP contribution in [0.1, 0.15) is 23.3 Å². The van der Waals surface area contributed by atoms with Gasteiger partial charge in [-0.1, -0.05) is 28.1 Å². The average molecular weight is 396 g/mol. The first kappa shape index (κ1) is 17.7. The van der Waals surface area contributed by atoms with Crippen molar-refractivity contribution >= 4 is 44.8 Å². The first-order valence-corrected chi connectivity index (χ1v) is 8.96. The molecule has 23 heavy (non-hydrogen) atoms.